The Balaban J connectivity index is 2.66. The molecule has 0 aliphatic carbocycles. The van der Waals surface area contributed by atoms with E-state index in [-0.39, 0.29) is 49.4 Å². The lowest BCUT2D eigenvalue weighted by Crippen LogP contribution is -2.55. The van der Waals surface area contributed by atoms with Crippen molar-refractivity contribution in [1.29, 1.82) is 0 Å². The lowest BCUT2D eigenvalue weighted by molar-refractivity contribution is 0.223. The maximum Gasteiger partial charge on any atom is 0.315 e. The Morgan fingerprint density at radius 3 is 1.98 bits per heavy atom. The molecule has 0 aromatic heterocycles. The van der Waals surface area contributed by atoms with E-state index in [0.717, 1.165) is 24.8 Å². The fraction of sp³-hybridized carbons (Fsp3) is 0.643. The van der Waals surface area contributed by atoms with Crippen LogP contribution in [0.5, 0.6) is 5.75 Å². The highest BCUT2D eigenvalue weighted by Gasteiger charge is 2.20. The average Bonchev–Trinajstić information content (AvgIpc) is 2.92. The molecule has 2 unspecified atom stereocenters. The van der Waals surface area contributed by atoms with Gasteiger partial charge in [-0.15, -0.1) is 0 Å². The Hall–Kier alpha value is -3.94. The highest BCUT2D eigenvalue weighted by molar-refractivity contribution is 5.76. The number of benzene rings is 1. The van der Waals surface area contributed by atoms with Crippen LogP contribution in [-0.2, 0) is 6.42 Å². The van der Waals surface area contributed by atoms with E-state index in [1.54, 1.807) is 31.2 Å². The van der Waals surface area contributed by atoms with Crippen molar-refractivity contribution in [2.24, 2.45) is 23.3 Å². The average molecular weight is 594 g/mol. The second-order valence-corrected chi connectivity index (χ2v) is 11.0. The van der Waals surface area contributed by atoms with Crippen LogP contribution in [0.3, 0.4) is 0 Å². The molecule has 0 saturated carbocycles. The van der Waals surface area contributed by atoms with Crippen LogP contribution in [0.1, 0.15) is 52.5 Å². The van der Waals surface area contributed by atoms with Gasteiger partial charge in [0.15, 0.2) is 0 Å². The van der Waals surface area contributed by atoms with E-state index < -0.39 is 24.1 Å². The minimum Gasteiger partial charge on any atom is -0.508 e. The van der Waals surface area contributed by atoms with Gasteiger partial charge in [0.05, 0.1) is 12.1 Å². The van der Waals surface area contributed by atoms with Gasteiger partial charge in [-0.3, -0.25) is 0 Å². The largest absolute Gasteiger partial charge is 0.508 e. The SMILES string of the molecule is CC(CNC(N)=O)NC(=O)NC[C@H](Cc1ccc(O)cc1)NC(=O)NCC(NC(=O)NC[C@@H](C)CCCCN)C(C)C. The molecule has 0 aliphatic heterocycles. The summed E-state index contributed by atoms with van der Waals surface area (Å²) in [7, 11) is 0. The lowest BCUT2D eigenvalue weighted by atomic mass is 10.0. The number of nitrogens with one attached hydrogen (secondary N) is 7. The zero-order valence-corrected chi connectivity index (χ0v) is 25.3. The smallest absolute Gasteiger partial charge is 0.315 e. The predicted octanol–water partition coefficient (Wildman–Crippen LogP) is 1.05. The molecule has 238 valence electrons. The van der Waals surface area contributed by atoms with E-state index >= 15 is 0 Å². The first-order valence-corrected chi connectivity index (χ1v) is 14.5. The zero-order valence-electron chi connectivity index (χ0n) is 25.3. The minimum absolute atomic E-state index is 0.0576. The molecule has 8 amide bonds. The molecule has 0 spiro atoms. The van der Waals surface area contributed by atoms with Crippen LogP contribution in [0.2, 0.25) is 0 Å². The first-order valence-electron chi connectivity index (χ1n) is 14.5. The van der Waals surface area contributed by atoms with Gasteiger partial charge in [-0.1, -0.05) is 39.3 Å². The third-order valence-corrected chi connectivity index (χ3v) is 6.59. The van der Waals surface area contributed by atoms with Crippen LogP contribution in [0, 0.1) is 11.8 Å². The first kappa shape index (κ1) is 36.1. The highest BCUT2D eigenvalue weighted by Crippen LogP contribution is 2.11. The summed E-state index contributed by atoms with van der Waals surface area (Å²) < 4.78 is 0. The number of unbranched alkanes of at least 4 members (excludes halogenated alkanes) is 1. The van der Waals surface area contributed by atoms with Gasteiger partial charge >= 0.3 is 24.1 Å². The van der Waals surface area contributed by atoms with Crippen molar-refractivity contribution in [3.8, 4) is 5.75 Å². The van der Waals surface area contributed by atoms with Gasteiger partial charge in [0.2, 0.25) is 0 Å². The molecule has 1 rings (SSSR count). The molecule has 1 aromatic carbocycles. The topological polar surface area (TPSA) is 225 Å². The third kappa shape index (κ3) is 17.0. The van der Waals surface area contributed by atoms with Gasteiger partial charge in [0.1, 0.15) is 5.75 Å². The van der Waals surface area contributed by atoms with Crippen LogP contribution in [-0.4, -0.2) is 80.1 Å². The maximum absolute atomic E-state index is 12.8. The molecule has 0 heterocycles. The van der Waals surface area contributed by atoms with Gasteiger partial charge in [-0.25, -0.2) is 19.2 Å². The maximum atomic E-state index is 12.8. The number of hydrogen-bond donors (Lipinski definition) is 10. The van der Waals surface area contributed by atoms with Crippen LogP contribution < -0.4 is 48.7 Å². The van der Waals surface area contributed by atoms with E-state index in [1.165, 1.54) is 0 Å². The molecule has 14 nitrogen and oxygen atoms in total. The number of carbonyl (C=O) groups excluding carboxylic acids is 4. The molecule has 0 bridgehead atoms. The van der Waals surface area contributed by atoms with Crippen molar-refractivity contribution in [3.05, 3.63) is 29.8 Å². The fourth-order valence-corrected chi connectivity index (χ4v) is 4.00. The summed E-state index contributed by atoms with van der Waals surface area (Å²) in [6.45, 7) is 9.38. The van der Waals surface area contributed by atoms with Gasteiger partial charge in [0, 0.05) is 32.2 Å². The Kier molecular flexibility index (Phi) is 17.2. The summed E-state index contributed by atoms with van der Waals surface area (Å²) in [4.78, 5) is 48.6. The number of phenolic OH excluding ortho intramolecular Hbond substituents is 1. The van der Waals surface area contributed by atoms with E-state index in [9.17, 15) is 24.3 Å². The predicted molar refractivity (Wildman–Crippen MR) is 163 cm³/mol. The number of amides is 8. The Labute approximate surface area is 248 Å². The van der Waals surface area contributed by atoms with Crippen molar-refractivity contribution in [2.75, 3.05) is 32.7 Å². The van der Waals surface area contributed by atoms with E-state index in [1.807, 2.05) is 13.8 Å². The fourth-order valence-electron chi connectivity index (χ4n) is 4.00. The van der Waals surface area contributed by atoms with Crippen molar-refractivity contribution in [2.45, 2.75) is 71.5 Å². The summed E-state index contributed by atoms with van der Waals surface area (Å²) in [5, 5.41) is 28.9. The molecule has 0 fully saturated rings. The molecule has 12 N–H and O–H groups in total. The summed E-state index contributed by atoms with van der Waals surface area (Å²) in [5.41, 5.74) is 11.4. The van der Waals surface area contributed by atoms with Crippen molar-refractivity contribution in [1.82, 2.24) is 37.2 Å². The van der Waals surface area contributed by atoms with Gasteiger partial charge in [-0.2, -0.15) is 0 Å². The summed E-state index contributed by atoms with van der Waals surface area (Å²) in [6.07, 6.45) is 3.36. The molecular formula is C28H51N9O5. The normalized spacial score (nSPS) is 13.7. The van der Waals surface area contributed by atoms with Gasteiger partial charge in [0.25, 0.3) is 0 Å². The van der Waals surface area contributed by atoms with E-state index in [4.69, 9.17) is 11.5 Å². The van der Waals surface area contributed by atoms with Crippen LogP contribution in [0.25, 0.3) is 0 Å². The molecule has 4 atom stereocenters. The number of urea groups is 4. The molecule has 0 aliphatic rings. The van der Waals surface area contributed by atoms with E-state index in [0.29, 0.717) is 25.4 Å². The first-order chi connectivity index (χ1) is 19.9. The number of phenols is 1. The number of rotatable bonds is 18. The number of nitrogens with two attached hydrogens (primary N) is 2. The van der Waals surface area contributed by atoms with Crippen LogP contribution >= 0.6 is 0 Å². The second-order valence-electron chi connectivity index (χ2n) is 11.0. The van der Waals surface area contributed by atoms with Crippen LogP contribution in [0.15, 0.2) is 24.3 Å². The van der Waals surface area contributed by atoms with Crippen molar-refractivity contribution >= 4 is 24.1 Å². The van der Waals surface area contributed by atoms with Gasteiger partial charge in [-0.05, 0) is 62.3 Å². The number of hydrogen-bond acceptors (Lipinski definition) is 6. The molecule has 1 aromatic rings. The van der Waals surface area contributed by atoms with Crippen molar-refractivity contribution in [3.63, 3.8) is 0 Å². The Bertz CT molecular complexity index is 962. The standard InChI is InChI=1S/C28H51N9O5/c1-18(2)24(37-28(42)32-14-19(3)7-5-6-12-29)17-34-27(41)36-22(13-21-8-10-23(38)11-9-21)16-33-26(40)35-20(4)15-31-25(30)39/h8-11,18-20,22,24,38H,5-7,12-17,29H2,1-4H3,(H3,30,31,39)(H2,32,37,42)(H2,33,35,40)(H2,34,36,41)/t19-,20?,22-,24?/m0/s1. The van der Waals surface area contributed by atoms with Crippen molar-refractivity contribution < 1.29 is 24.3 Å². The monoisotopic (exact) mass is 593 g/mol. The molecule has 42 heavy (non-hydrogen) atoms. The summed E-state index contributed by atoms with van der Waals surface area (Å²) >= 11 is 0. The quantitative estimate of drug-likeness (QED) is 0.112. The zero-order chi connectivity index (χ0) is 31.5. The van der Waals surface area contributed by atoms with Crippen LogP contribution in [0.4, 0.5) is 19.2 Å². The summed E-state index contributed by atoms with van der Waals surface area (Å²) in [5.74, 6) is 0.511. The summed E-state index contributed by atoms with van der Waals surface area (Å²) in [6, 6.07) is 3.47. The Morgan fingerprint density at radius 1 is 0.762 bits per heavy atom. The molecule has 0 saturated heterocycles. The number of primary amides is 1. The molecule has 0 radical (unpaired) electrons. The molecule has 14 heteroatoms. The highest BCUT2D eigenvalue weighted by atomic mass is 16.3. The van der Waals surface area contributed by atoms with E-state index in [2.05, 4.69) is 44.1 Å². The Morgan fingerprint density at radius 2 is 1.36 bits per heavy atom. The minimum atomic E-state index is -0.688. The third-order valence-electron chi connectivity index (χ3n) is 6.59. The number of carbonyl (C=O) groups is 4. The lowest BCUT2D eigenvalue weighted by Gasteiger charge is -2.25. The van der Waals surface area contributed by atoms with Gasteiger partial charge < -0.3 is 53.8 Å². The molecular weight excluding hydrogens is 542 g/mol. The second kappa shape index (κ2) is 20.0. The number of aromatic hydroxyl groups is 1.